The Bertz CT molecular complexity index is 1010. The molecule has 1 aromatic carbocycles. The van der Waals surface area contributed by atoms with E-state index in [0.717, 1.165) is 17.2 Å². The molecule has 0 aromatic heterocycles. The van der Waals surface area contributed by atoms with Crippen LogP contribution in [0.5, 0.6) is 0 Å². The quantitative estimate of drug-likeness (QED) is 0.198. The average molecular weight is 514 g/mol. The lowest BCUT2D eigenvalue weighted by atomic mass is 10.1. The van der Waals surface area contributed by atoms with Gasteiger partial charge >= 0.3 is 15.2 Å². The van der Waals surface area contributed by atoms with Crippen molar-refractivity contribution in [3.8, 4) is 0 Å². The van der Waals surface area contributed by atoms with Crippen LogP contribution < -0.4 is 4.90 Å². The van der Waals surface area contributed by atoms with Gasteiger partial charge in [0.05, 0.1) is 17.1 Å². The zero-order valence-electron chi connectivity index (χ0n) is 17.8. The maximum absolute atomic E-state index is 13.0. The monoisotopic (exact) mass is 514 g/mol. The number of benzene rings is 1. The average Bonchev–Trinajstić information content (AvgIpc) is 2.66. The first-order valence-electron chi connectivity index (χ1n) is 9.39. The van der Waals surface area contributed by atoms with Crippen molar-refractivity contribution in [1.82, 2.24) is 4.90 Å². The van der Waals surface area contributed by atoms with Crippen molar-refractivity contribution in [2.75, 3.05) is 43.9 Å². The molecule has 0 aliphatic rings. The summed E-state index contributed by atoms with van der Waals surface area (Å²) in [4.78, 5) is 52.9. The van der Waals surface area contributed by atoms with E-state index in [9.17, 15) is 41.9 Å². The van der Waals surface area contributed by atoms with Gasteiger partial charge < -0.3 is 29.4 Å². The Kier molecular flexibility index (Phi) is 9.73. The van der Waals surface area contributed by atoms with Gasteiger partial charge in [-0.05, 0) is 32.0 Å². The first-order valence-corrected chi connectivity index (χ1v) is 14.6. The fourth-order valence-corrected chi connectivity index (χ4v) is 6.31. The van der Waals surface area contributed by atoms with Gasteiger partial charge in [0.1, 0.15) is 0 Å². The van der Waals surface area contributed by atoms with Crippen LogP contribution in [0, 0.1) is 5.53 Å². The van der Waals surface area contributed by atoms with Crippen molar-refractivity contribution in [3.05, 3.63) is 23.8 Å². The summed E-state index contributed by atoms with van der Waals surface area (Å²) in [6.45, 7) is 2.96. The highest BCUT2D eigenvalue weighted by Crippen LogP contribution is 2.60. The number of carbonyl (C=O) groups excluding carboxylic acids is 1. The molecule has 0 fully saturated rings. The summed E-state index contributed by atoms with van der Waals surface area (Å²) in [5, 5.41) is 0.587. The Hall–Kier alpha value is -1.66. The number of amides is 1. The summed E-state index contributed by atoms with van der Waals surface area (Å²) >= 11 is 0. The molecule has 1 rings (SSSR count). The maximum atomic E-state index is 13.0. The highest BCUT2D eigenvalue weighted by Gasteiger charge is 2.45. The Labute approximate surface area is 186 Å². The minimum Gasteiger partial charge on any atom is -0.371 e. The lowest BCUT2D eigenvalue weighted by Gasteiger charge is -2.28. The fourth-order valence-electron chi connectivity index (χ4n) is 3.00. The van der Waals surface area contributed by atoms with E-state index in [1.807, 2.05) is 13.8 Å². The van der Waals surface area contributed by atoms with Crippen LogP contribution in [0.15, 0.2) is 28.2 Å². The van der Waals surface area contributed by atoms with Gasteiger partial charge in [-0.1, -0.05) is 0 Å². The van der Waals surface area contributed by atoms with Crippen LogP contribution in [0.25, 0.3) is 0 Å². The molecule has 0 aliphatic heterocycles. The minimum absolute atomic E-state index is 0.140. The predicted molar refractivity (Wildman–Crippen MR) is 117 cm³/mol. The van der Waals surface area contributed by atoms with Crippen LogP contribution in [0.4, 0.5) is 5.69 Å². The summed E-state index contributed by atoms with van der Waals surface area (Å²) < 4.78 is 48.0. The van der Waals surface area contributed by atoms with Crippen LogP contribution in [0.3, 0.4) is 0 Å². The number of nitrogens with zero attached hydrogens (tertiary/aromatic N) is 3. The molecule has 0 unspecified atom stereocenters. The van der Waals surface area contributed by atoms with E-state index in [1.165, 1.54) is 12.1 Å². The van der Waals surface area contributed by atoms with Crippen molar-refractivity contribution in [2.24, 2.45) is 5.11 Å². The molecule has 1 aromatic rings. The predicted octanol–water partition coefficient (Wildman–Crippen LogP) is 1.09. The van der Waals surface area contributed by atoms with E-state index in [-0.39, 0.29) is 23.5 Å². The van der Waals surface area contributed by atoms with E-state index in [2.05, 4.69) is 5.11 Å². The van der Waals surface area contributed by atoms with Gasteiger partial charge in [-0.3, -0.25) is 13.9 Å². The summed E-state index contributed by atoms with van der Waals surface area (Å²) in [7, 11) is -14.4. The molecule has 0 radical (unpaired) electrons. The molecular formula is C16H28N4O9P2S. The second-order valence-electron chi connectivity index (χ2n) is 6.92. The molecule has 32 heavy (non-hydrogen) atoms. The Morgan fingerprint density at radius 2 is 1.66 bits per heavy atom. The molecule has 0 aliphatic carbocycles. The summed E-state index contributed by atoms with van der Waals surface area (Å²) in [5.41, 5.74) is 7.10. The molecule has 182 valence electrons. The first kappa shape index (κ1) is 28.4. The molecule has 13 nitrogen and oxygen atoms in total. The molecule has 1 amide bonds. The second-order valence-corrected chi connectivity index (χ2v) is 12.9. The van der Waals surface area contributed by atoms with Gasteiger partial charge in [-0.25, -0.2) is 13.9 Å². The summed E-state index contributed by atoms with van der Waals surface area (Å²) in [6, 6.07) is 3.85. The Morgan fingerprint density at radius 1 is 1.12 bits per heavy atom. The van der Waals surface area contributed by atoms with E-state index >= 15 is 0 Å². The highest BCUT2D eigenvalue weighted by molar-refractivity contribution is 7.90. The van der Waals surface area contributed by atoms with Crippen LogP contribution in [0.1, 0.15) is 24.2 Å². The maximum Gasteiger partial charge on any atom is 0.342 e. The number of hydrogen-bond donors (Lipinski definition) is 5. The van der Waals surface area contributed by atoms with Gasteiger partial charge in [0.15, 0.2) is 15.2 Å². The third-order valence-corrected chi connectivity index (χ3v) is 9.45. The summed E-state index contributed by atoms with van der Waals surface area (Å²) in [6.07, 6.45) is 0.970. The van der Waals surface area contributed by atoms with Gasteiger partial charge in [-0.15, -0.1) is 0 Å². The fraction of sp³-hybridized carbons (Fsp3) is 0.562. The number of carbonyl (C=O) groups is 1. The van der Waals surface area contributed by atoms with Gasteiger partial charge in [0.25, 0.3) is 5.91 Å². The van der Waals surface area contributed by atoms with Crippen LogP contribution in [-0.4, -0.2) is 83.2 Å². The molecule has 5 N–H and O–H groups in total. The van der Waals surface area contributed by atoms with Crippen molar-refractivity contribution in [1.29, 1.82) is 5.53 Å². The summed E-state index contributed by atoms with van der Waals surface area (Å²) in [5.74, 6) is -0.920. The van der Waals surface area contributed by atoms with Crippen LogP contribution >= 0.6 is 15.2 Å². The van der Waals surface area contributed by atoms with Crippen LogP contribution in [-0.2, 0) is 19.0 Å². The van der Waals surface area contributed by atoms with Crippen molar-refractivity contribution < 1.29 is 41.9 Å². The van der Waals surface area contributed by atoms with E-state index < -0.39 is 42.9 Å². The minimum atomic E-state index is -5.32. The molecule has 0 saturated heterocycles. The number of anilines is 1. The van der Waals surface area contributed by atoms with Crippen LogP contribution in [0.2, 0.25) is 0 Å². The molecular weight excluding hydrogens is 486 g/mol. The topological polar surface area (TPSA) is 209 Å². The van der Waals surface area contributed by atoms with Crippen molar-refractivity contribution >= 4 is 36.6 Å². The molecule has 0 atom stereocenters. The molecule has 0 saturated carbocycles. The smallest absolute Gasteiger partial charge is 0.342 e. The zero-order valence-corrected chi connectivity index (χ0v) is 20.4. The SMILES string of the molecule is CCN(CC)c1ccc(C(=O)N(CCN=N)CC(P(=O)(O)O)P(=O)(O)O)cc1S(C)(=O)=O. The number of rotatable bonds is 12. The van der Waals surface area contributed by atoms with Gasteiger partial charge in [0, 0.05) is 38.0 Å². The zero-order chi connectivity index (χ0) is 24.9. The van der Waals surface area contributed by atoms with Crippen molar-refractivity contribution in [3.63, 3.8) is 0 Å². The van der Waals surface area contributed by atoms with Gasteiger partial charge in [-0.2, -0.15) is 5.11 Å². The molecule has 0 bridgehead atoms. The second kappa shape index (κ2) is 11.0. The lowest BCUT2D eigenvalue weighted by molar-refractivity contribution is 0.0762. The van der Waals surface area contributed by atoms with E-state index in [0.29, 0.717) is 18.8 Å². The largest absolute Gasteiger partial charge is 0.371 e. The lowest BCUT2D eigenvalue weighted by Crippen LogP contribution is -2.39. The number of hydrogen-bond acceptors (Lipinski definition) is 8. The van der Waals surface area contributed by atoms with Crippen molar-refractivity contribution in [2.45, 2.75) is 24.1 Å². The molecule has 0 heterocycles. The Morgan fingerprint density at radius 3 is 2.06 bits per heavy atom. The highest BCUT2D eigenvalue weighted by atomic mass is 32.2. The third-order valence-electron chi connectivity index (χ3n) is 4.64. The third kappa shape index (κ3) is 7.45. The van der Waals surface area contributed by atoms with E-state index in [4.69, 9.17) is 5.53 Å². The number of nitrogens with one attached hydrogen (secondary N) is 1. The Balaban J connectivity index is 3.52. The molecule has 0 spiro atoms. The standard InChI is InChI=1S/C16H28N4O9P2S/c1-4-19(5-2)13-7-6-12(10-14(13)32(3,28)29)16(21)20(9-8-18-17)11-15(30(22,23)24)31(25,26)27/h6-7,10,15,17H,4-5,8-9,11H2,1-3H3,(H2,22,23,24)(H2,25,26,27). The first-order chi connectivity index (χ1) is 14.6. The van der Waals surface area contributed by atoms with Gasteiger partial charge in [0.2, 0.25) is 0 Å². The number of sulfone groups is 1. The normalized spacial score (nSPS) is 12.6. The van der Waals surface area contributed by atoms with E-state index in [1.54, 1.807) is 4.90 Å². The molecule has 16 heteroatoms.